The largest absolute Gasteiger partial charge is 0.505 e. The summed E-state index contributed by atoms with van der Waals surface area (Å²) in [5.74, 6) is -1.37. The Morgan fingerprint density at radius 3 is 2.96 bits per heavy atom. The van der Waals surface area contributed by atoms with Gasteiger partial charge >= 0.3 is 0 Å². The van der Waals surface area contributed by atoms with Crippen LogP contribution >= 0.6 is 0 Å². The maximum Gasteiger partial charge on any atom is 0.256 e. The van der Waals surface area contributed by atoms with E-state index in [9.17, 15) is 14.3 Å². The number of aromatic nitrogens is 1. The minimum atomic E-state index is -0.844. The summed E-state index contributed by atoms with van der Waals surface area (Å²) in [4.78, 5) is 12.9. The number of phenolic OH excluding ortho intramolecular Hbond substituents is 1. The first-order valence-electron chi connectivity index (χ1n) is 9.05. The Morgan fingerprint density at radius 1 is 1.46 bits per heavy atom. The van der Waals surface area contributed by atoms with Gasteiger partial charge in [-0.3, -0.25) is 4.79 Å². The monoisotopic (exact) mass is 380 g/mol. The molecule has 1 aromatic carbocycles. The minimum Gasteiger partial charge on any atom is -0.505 e. The van der Waals surface area contributed by atoms with E-state index in [-0.39, 0.29) is 11.1 Å². The number of nitriles is 1. The molecule has 0 spiro atoms. The molecule has 2 aromatic rings. The Balaban J connectivity index is 1.88. The molecule has 144 valence electrons. The second kappa shape index (κ2) is 8.24. The zero-order valence-corrected chi connectivity index (χ0v) is 15.7. The number of aromatic hydroxyl groups is 1. The van der Waals surface area contributed by atoms with Gasteiger partial charge in [0.25, 0.3) is 5.56 Å². The molecule has 6 heteroatoms. The number of rotatable bonds is 5. The van der Waals surface area contributed by atoms with Crippen LogP contribution in [0.3, 0.4) is 0 Å². The van der Waals surface area contributed by atoms with Gasteiger partial charge in [-0.1, -0.05) is 25.7 Å². The van der Waals surface area contributed by atoms with Gasteiger partial charge < -0.3 is 14.4 Å². The van der Waals surface area contributed by atoms with E-state index in [4.69, 9.17) is 10.00 Å². The zero-order valence-electron chi connectivity index (χ0n) is 15.7. The number of halogens is 1. The molecule has 28 heavy (non-hydrogen) atoms. The van der Waals surface area contributed by atoms with Crippen LogP contribution in [0, 0.1) is 17.1 Å². The molecular formula is C22H21FN2O3. The fourth-order valence-electron chi connectivity index (χ4n) is 3.27. The first-order chi connectivity index (χ1) is 13.4. The maximum absolute atomic E-state index is 13.4. The number of ether oxygens (including phenoxy) is 1. The Bertz CT molecular complexity index is 1060. The molecule has 0 aliphatic carbocycles. The van der Waals surface area contributed by atoms with Crippen molar-refractivity contribution in [2.24, 2.45) is 0 Å². The first kappa shape index (κ1) is 19.6. The highest BCUT2D eigenvalue weighted by Crippen LogP contribution is 2.22. The minimum absolute atomic E-state index is 0.0688. The number of hydrogen-bond donors (Lipinski definition) is 1. The second-order valence-corrected chi connectivity index (χ2v) is 6.68. The lowest BCUT2D eigenvalue weighted by Gasteiger charge is -2.20. The molecule has 0 radical (unpaired) electrons. The van der Waals surface area contributed by atoms with Crippen LogP contribution in [0.15, 0.2) is 41.2 Å². The summed E-state index contributed by atoms with van der Waals surface area (Å²) in [6.07, 6.45) is 4.70. The summed E-state index contributed by atoms with van der Waals surface area (Å²) in [6, 6.07) is 6.13. The number of aryl methyl sites for hydroxylation is 1. The normalized spacial score (nSPS) is 13.3. The van der Waals surface area contributed by atoms with E-state index in [1.807, 2.05) is 13.0 Å². The van der Waals surface area contributed by atoms with Gasteiger partial charge in [0.05, 0.1) is 31.4 Å². The Kier molecular flexibility index (Phi) is 5.76. The molecule has 0 unspecified atom stereocenters. The summed E-state index contributed by atoms with van der Waals surface area (Å²) in [7, 11) is 0. The van der Waals surface area contributed by atoms with Gasteiger partial charge in [-0.25, -0.2) is 4.39 Å². The highest BCUT2D eigenvalue weighted by molar-refractivity contribution is 5.62. The molecular weight excluding hydrogens is 359 g/mol. The van der Waals surface area contributed by atoms with Crippen LogP contribution in [-0.2, 0) is 30.7 Å². The Labute approximate surface area is 162 Å². The van der Waals surface area contributed by atoms with Crippen molar-refractivity contribution in [2.45, 2.75) is 32.9 Å². The number of hydrogen-bond acceptors (Lipinski definition) is 4. The quantitative estimate of drug-likeness (QED) is 0.806. The molecule has 0 atom stereocenters. The third-order valence-electron chi connectivity index (χ3n) is 4.80. The van der Waals surface area contributed by atoms with Gasteiger partial charge in [-0.15, -0.1) is 0 Å². The number of nitrogens with zero attached hydrogens (tertiary/aromatic N) is 2. The van der Waals surface area contributed by atoms with Gasteiger partial charge in [0.2, 0.25) is 0 Å². The van der Waals surface area contributed by atoms with Gasteiger partial charge in [0.1, 0.15) is 0 Å². The number of benzene rings is 1. The van der Waals surface area contributed by atoms with Crippen molar-refractivity contribution in [3.8, 4) is 11.8 Å². The first-order valence-corrected chi connectivity index (χ1v) is 9.05. The van der Waals surface area contributed by atoms with E-state index >= 15 is 0 Å². The van der Waals surface area contributed by atoms with Crippen LogP contribution in [0.25, 0.3) is 6.08 Å². The number of fused-ring (bicyclic) bond motifs is 1. The van der Waals surface area contributed by atoms with E-state index < -0.39 is 11.6 Å². The lowest BCUT2D eigenvalue weighted by Crippen LogP contribution is -2.31. The van der Waals surface area contributed by atoms with Gasteiger partial charge in [-0.05, 0) is 47.7 Å². The fraction of sp³-hybridized carbons (Fsp3) is 0.273. The van der Waals surface area contributed by atoms with Crippen molar-refractivity contribution in [1.82, 2.24) is 4.57 Å². The highest BCUT2D eigenvalue weighted by atomic mass is 19.1. The Morgan fingerprint density at radius 2 is 2.25 bits per heavy atom. The van der Waals surface area contributed by atoms with Crippen molar-refractivity contribution < 1.29 is 14.2 Å². The van der Waals surface area contributed by atoms with Crippen molar-refractivity contribution in [1.29, 1.82) is 5.26 Å². The van der Waals surface area contributed by atoms with Crippen LogP contribution in [0.5, 0.6) is 5.75 Å². The van der Waals surface area contributed by atoms with Crippen molar-refractivity contribution >= 4 is 6.08 Å². The molecule has 2 heterocycles. The summed E-state index contributed by atoms with van der Waals surface area (Å²) < 4.78 is 20.5. The van der Waals surface area contributed by atoms with Crippen molar-refractivity contribution in [3.63, 3.8) is 0 Å². The molecule has 0 saturated carbocycles. The summed E-state index contributed by atoms with van der Waals surface area (Å²) in [5, 5.41) is 18.7. The maximum atomic E-state index is 13.4. The lowest BCUT2D eigenvalue weighted by atomic mass is 10.0. The molecule has 1 aliphatic heterocycles. The van der Waals surface area contributed by atoms with Crippen LogP contribution in [0.4, 0.5) is 4.39 Å². The van der Waals surface area contributed by atoms with Crippen LogP contribution < -0.4 is 5.56 Å². The predicted octanol–water partition coefficient (Wildman–Crippen LogP) is 3.47. The van der Waals surface area contributed by atoms with Gasteiger partial charge in [-0.2, -0.15) is 5.26 Å². The molecule has 1 N–H and O–H groups in total. The van der Waals surface area contributed by atoms with Crippen molar-refractivity contribution in [2.75, 3.05) is 6.61 Å². The van der Waals surface area contributed by atoms with Crippen LogP contribution in [0.2, 0.25) is 0 Å². The number of allylic oxidation sites excluding steroid dienone is 2. The topological polar surface area (TPSA) is 75.2 Å². The lowest BCUT2D eigenvalue weighted by molar-refractivity contribution is 0.109. The Hall–Kier alpha value is -3.17. The average Bonchev–Trinajstić information content (AvgIpc) is 2.70. The fourth-order valence-corrected chi connectivity index (χ4v) is 3.27. The van der Waals surface area contributed by atoms with E-state index in [2.05, 4.69) is 12.6 Å². The molecule has 0 saturated heterocycles. The summed E-state index contributed by atoms with van der Waals surface area (Å²) >= 11 is 0. The standard InChI is InChI=1S/C22H21FN2O3/c1-3-18-8-16-6-7-28-13-19(16)22(27)25(18)12-14(2)4-5-15-10-21(26)20(23)9-17(15)11-24/h4-5,8-10,26H,2-3,6-7,12-13H2,1H3. The average molecular weight is 380 g/mol. The van der Waals surface area contributed by atoms with Gasteiger partial charge in [0.15, 0.2) is 11.6 Å². The summed E-state index contributed by atoms with van der Waals surface area (Å²) in [5.41, 5.74) is 3.72. The zero-order chi connectivity index (χ0) is 20.3. The van der Waals surface area contributed by atoms with Crippen LogP contribution in [-0.4, -0.2) is 16.3 Å². The van der Waals surface area contributed by atoms with Gasteiger partial charge in [0, 0.05) is 11.3 Å². The molecule has 0 fully saturated rings. The third-order valence-corrected chi connectivity index (χ3v) is 4.80. The summed E-state index contributed by atoms with van der Waals surface area (Å²) in [6.45, 7) is 7.23. The third kappa shape index (κ3) is 3.90. The molecule has 0 bridgehead atoms. The number of pyridine rings is 1. The SMILES string of the molecule is C=C(C=Cc1cc(O)c(F)cc1C#N)Cn1c(CC)cc2c(c1=O)COCC2. The van der Waals surface area contributed by atoms with E-state index in [1.165, 1.54) is 6.07 Å². The number of phenols is 1. The van der Waals surface area contributed by atoms with E-state index in [0.717, 1.165) is 23.7 Å². The smallest absolute Gasteiger partial charge is 0.256 e. The predicted molar refractivity (Wildman–Crippen MR) is 104 cm³/mol. The highest BCUT2D eigenvalue weighted by Gasteiger charge is 2.17. The molecule has 5 nitrogen and oxygen atoms in total. The van der Waals surface area contributed by atoms with E-state index in [1.54, 1.807) is 16.7 Å². The van der Waals surface area contributed by atoms with E-state index in [0.29, 0.717) is 42.9 Å². The van der Waals surface area contributed by atoms with Crippen molar-refractivity contribution in [3.05, 3.63) is 80.5 Å². The molecule has 3 rings (SSSR count). The molecule has 1 aliphatic rings. The van der Waals surface area contributed by atoms with Crippen LogP contribution in [0.1, 0.15) is 34.9 Å². The molecule has 0 amide bonds. The molecule has 1 aromatic heterocycles. The second-order valence-electron chi connectivity index (χ2n) is 6.68.